The Labute approximate surface area is 207 Å². The van der Waals surface area contributed by atoms with Gasteiger partial charge in [-0.25, -0.2) is 14.6 Å². The van der Waals surface area contributed by atoms with Crippen molar-refractivity contribution in [2.45, 2.75) is 0 Å². The molecular weight excluding hydrogens is 462 g/mol. The molecule has 0 N–H and O–H groups in total. The molecule has 0 atom stereocenters. The topological polar surface area (TPSA) is 72.1 Å². The van der Waals surface area contributed by atoms with Crippen molar-refractivity contribution < 1.29 is 4.79 Å². The first-order valence-electron chi connectivity index (χ1n) is 11.4. The first-order valence-corrected chi connectivity index (χ1v) is 11.8. The Balaban J connectivity index is 1.18. The van der Waals surface area contributed by atoms with Crippen LogP contribution in [0.25, 0.3) is 22.4 Å². The summed E-state index contributed by atoms with van der Waals surface area (Å²) < 4.78 is 3.79. The lowest BCUT2D eigenvalue weighted by molar-refractivity contribution is 0.0746. The van der Waals surface area contributed by atoms with E-state index in [1.165, 1.54) is 0 Å². The Morgan fingerprint density at radius 2 is 1.63 bits per heavy atom. The monoisotopic (exact) mass is 483 g/mol. The van der Waals surface area contributed by atoms with E-state index in [0.717, 1.165) is 28.2 Å². The minimum absolute atomic E-state index is 0.0466. The quantitative estimate of drug-likeness (QED) is 0.382. The SMILES string of the molecule is O=C(c1ccc(-n2cccc2)cc1)N1CCN(c2ncnc3c2cnn3-c2cccc(Cl)c2)CC1. The molecule has 6 rings (SSSR count). The lowest BCUT2D eigenvalue weighted by atomic mass is 10.1. The summed E-state index contributed by atoms with van der Waals surface area (Å²) in [7, 11) is 0. The maximum absolute atomic E-state index is 13.1. The summed E-state index contributed by atoms with van der Waals surface area (Å²) in [5, 5.41) is 6.04. The molecule has 174 valence electrons. The van der Waals surface area contributed by atoms with Crippen LogP contribution in [0.5, 0.6) is 0 Å². The highest BCUT2D eigenvalue weighted by Crippen LogP contribution is 2.26. The fourth-order valence-corrected chi connectivity index (χ4v) is 4.65. The second kappa shape index (κ2) is 8.88. The van der Waals surface area contributed by atoms with Gasteiger partial charge in [0.15, 0.2) is 5.65 Å². The second-order valence-electron chi connectivity index (χ2n) is 8.39. The molecule has 1 aliphatic heterocycles. The second-order valence-corrected chi connectivity index (χ2v) is 8.82. The van der Waals surface area contributed by atoms with Gasteiger partial charge in [0.1, 0.15) is 12.1 Å². The number of aromatic nitrogens is 5. The normalized spacial score (nSPS) is 14.0. The highest BCUT2D eigenvalue weighted by molar-refractivity contribution is 6.30. The molecule has 0 bridgehead atoms. The van der Waals surface area contributed by atoms with Crippen LogP contribution in [0.15, 0.2) is 85.6 Å². The third-order valence-corrected chi connectivity index (χ3v) is 6.52. The number of rotatable bonds is 4. The zero-order valence-corrected chi connectivity index (χ0v) is 19.6. The molecule has 0 aliphatic carbocycles. The van der Waals surface area contributed by atoms with Crippen LogP contribution in [-0.2, 0) is 0 Å². The number of carbonyl (C=O) groups is 1. The van der Waals surface area contributed by atoms with Crippen molar-refractivity contribution in [3.8, 4) is 11.4 Å². The molecule has 0 spiro atoms. The molecule has 4 heterocycles. The number of nitrogens with zero attached hydrogens (tertiary/aromatic N) is 7. The fourth-order valence-electron chi connectivity index (χ4n) is 4.47. The fraction of sp³-hybridized carbons (Fsp3) is 0.154. The van der Waals surface area contributed by atoms with E-state index in [-0.39, 0.29) is 5.91 Å². The van der Waals surface area contributed by atoms with Crippen LogP contribution < -0.4 is 4.90 Å². The predicted octanol–water partition coefficient (Wildman–Crippen LogP) is 4.22. The van der Waals surface area contributed by atoms with Gasteiger partial charge in [0.05, 0.1) is 17.3 Å². The van der Waals surface area contributed by atoms with E-state index in [0.29, 0.717) is 36.8 Å². The molecule has 8 nitrogen and oxygen atoms in total. The van der Waals surface area contributed by atoms with E-state index in [4.69, 9.17) is 11.6 Å². The molecule has 9 heteroatoms. The molecule has 3 aromatic heterocycles. The first kappa shape index (κ1) is 21.4. The molecule has 2 aromatic carbocycles. The number of piperazine rings is 1. The molecule has 1 fully saturated rings. The van der Waals surface area contributed by atoms with Crippen LogP contribution in [-0.4, -0.2) is 61.3 Å². The maximum Gasteiger partial charge on any atom is 0.253 e. The van der Waals surface area contributed by atoms with E-state index in [2.05, 4.69) is 20.0 Å². The summed E-state index contributed by atoms with van der Waals surface area (Å²) in [6.45, 7) is 2.60. The van der Waals surface area contributed by atoms with E-state index >= 15 is 0 Å². The summed E-state index contributed by atoms with van der Waals surface area (Å²) in [6, 6.07) is 19.2. The van der Waals surface area contributed by atoms with Gasteiger partial charge in [0.2, 0.25) is 0 Å². The lowest BCUT2D eigenvalue weighted by Crippen LogP contribution is -2.49. The summed E-state index contributed by atoms with van der Waals surface area (Å²) in [5.41, 5.74) is 3.29. The zero-order valence-electron chi connectivity index (χ0n) is 18.8. The molecule has 0 radical (unpaired) electrons. The lowest BCUT2D eigenvalue weighted by Gasteiger charge is -2.35. The molecule has 5 aromatic rings. The standard InChI is InChI=1S/C26H22ClN7O/c27-20-4-3-5-22(16-20)34-25-23(17-30-34)24(28-18-29-25)32-12-14-33(15-13-32)26(35)19-6-8-21(9-7-19)31-10-1-2-11-31/h1-11,16-18H,12-15H2. The Hall–Kier alpha value is -4.17. The Bertz CT molecular complexity index is 1490. The zero-order chi connectivity index (χ0) is 23.8. The van der Waals surface area contributed by atoms with Crippen LogP contribution in [0.1, 0.15) is 10.4 Å². The number of amides is 1. The molecule has 0 saturated carbocycles. The largest absolute Gasteiger partial charge is 0.352 e. The average molecular weight is 484 g/mol. The summed E-state index contributed by atoms with van der Waals surface area (Å²) >= 11 is 6.17. The molecule has 1 saturated heterocycles. The van der Waals surface area contributed by atoms with Crippen molar-refractivity contribution in [3.63, 3.8) is 0 Å². The van der Waals surface area contributed by atoms with Crippen molar-refractivity contribution in [2.24, 2.45) is 0 Å². The van der Waals surface area contributed by atoms with Gasteiger partial charge in [0, 0.05) is 54.8 Å². The Kier molecular flexibility index (Phi) is 5.42. The first-order chi connectivity index (χ1) is 17.2. The van der Waals surface area contributed by atoms with Gasteiger partial charge in [-0.2, -0.15) is 5.10 Å². The molecule has 1 amide bonds. The van der Waals surface area contributed by atoms with Crippen molar-refractivity contribution in [1.29, 1.82) is 0 Å². The summed E-state index contributed by atoms with van der Waals surface area (Å²) in [6.07, 6.45) is 7.32. The van der Waals surface area contributed by atoms with Crippen LogP contribution in [0.3, 0.4) is 0 Å². The Morgan fingerprint density at radius 1 is 0.857 bits per heavy atom. The van der Waals surface area contributed by atoms with Crippen LogP contribution >= 0.6 is 11.6 Å². The van der Waals surface area contributed by atoms with Gasteiger partial charge >= 0.3 is 0 Å². The number of fused-ring (bicyclic) bond motifs is 1. The van der Waals surface area contributed by atoms with E-state index in [1.807, 2.05) is 82.5 Å². The van der Waals surface area contributed by atoms with Gasteiger partial charge < -0.3 is 14.4 Å². The van der Waals surface area contributed by atoms with Gasteiger partial charge in [-0.05, 0) is 54.6 Å². The smallest absolute Gasteiger partial charge is 0.253 e. The minimum atomic E-state index is 0.0466. The molecular formula is C26H22ClN7O. The molecule has 35 heavy (non-hydrogen) atoms. The molecule has 0 unspecified atom stereocenters. The third kappa shape index (κ3) is 4.02. The Morgan fingerprint density at radius 3 is 2.37 bits per heavy atom. The number of anilines is 1. The number of halogens is 1. The number of hydrogen-bond acceptors (Lipinski definition) is 5. The number of benzene rings is 2. The van der Waals surface area contributed by atoms with Crippen molar-refractivity contribution in [1.82, 2.24) is 29.2 Å². The van der Waals surface area contributed by atoms with Crippen LogP contribution in [0.4, 0.5) is 5.82 Å². The van der Waals surface area contributed by atoms with Gasteiger partial charge in [0.25, 0.3) is 5.91 Å². The van der Waals surface area contributed by atoms with E-state index in [1.54, 1.807) is 17.2 Å². The van der Waals surface area contributed by atoms with E-state index < -0.39 is 0 Å². The van der Waals surface area contributed by atoms with Crippen LogP contribution in [0, 0.1) is 0 Å². The van der Waals surface area contributed by atoms with Crippen LogP contribution in [0.2, 0.25) is 5.02 Å². The van der Waals surface area contributed by atoms with Gasteiger partial charge in [-0.3, -0.25) is 4.79 Å². The highest BCUT2D eigenvalue weighted by Gasteiger charge is 2.25. The predicted molar refractivity (Wildman–Crippen MR) is 136 cm³/mol. The van der Waals surface area contributed by atoms with Crippen molar-refractivity contribution in [3.05, 3.63) is 96.2 Å². The third-order valence-electron chi connectivity index (χ3n) is 6.28. The number of hydrogen-bond donors (Lipinski definition) is 0. The van der Waals surface area contributed by atoms with Crippen molar-refractivity contribution in [2.75, 3.05) is 31.1 Å². The number of carbonyl (C=O) groups excluding carboxylic acids is 1. The van der Waals surface area contributed by atoms with E-state index in [9.17, 15) is 4.79 Å². The molecule has 1 aliphatic rings. The maximum atomic E-state index is 13.1. The summed E-state index contributed by atoms with van der Waals surface area (Å²) in [4.78, 5) is 26.2. The highest BCUT2D eigenvalue weighted by atomic mass is 35.5. The van der Waals surface area contributed by atoms with Gasteiger partial charge in [-0.1, -0.05) is 17.7 Å². The minimum Gasteiger partial charge on any atom is -0.352 e. The summed E-state index contributed by atoms with van der Waals surface area (Å²) in [5.74, 6) is 0.872. The van der Waals surface area contributed by atoms with Gasteiger partial charge in [-0.15, -0.1) is 0 Å². The average Bonchev–Trinajstić information content (AvgIpc) is 3.59. The van der Waals surface area contributed by atoms with Crippen molar-refractivity contribution >= 4 is 34.4 Å².